The molecule has 0 spiro atoms. The SMILES string of the molecule is COC(O)(c1ccccc1)C(F)(F)F. The highest BCUT2D eigenvalue weighted by Gasteiger charge is 2.56. The summed E-state index contributed by atoms with van der Waals surface area (Å²) in [4.78, 5) is 0. The predicted molar refractivity (Wildman–Crippen MR) is 43.4 cm³/mol. The highest BCUT2D eigenvalue weighted by molar-refractivity contribution is 5.21. The van der Waals surface area contributed by atoms with Gasteiger partial charge in [0.05, 0.1) is 0 Å². The molecule has 0 aliphatic carbocycles. The molecule has 0 saturated carbocycles. The molecule has 1 N–H and O–H groups in total. The van der Waals surface area contributed by atoms with E-state index in [1.807, 2.05) is 0 Å². The molecule has 1 unspecified atom stereocenters. The van der Waals surface area contributed by atoms with Crippen molar-refractivity contribution >= 4 is 0 Å². The van der Waals surface area contributed by atoms with Crippen molar-refractivity contribution in [2.45, 2.75) is 12.0 Å². The molecule has 0 radical (unpaired) electrons. The average molecular weight is 206 g/mol. The zero-order valence-corrected chi connectivity index (χ0v) is 7.38. The number of aliphatic hydroxyl groups is 1. The fraction of sp³-hybridized carbons (Fsp3) is 0.333. The summed E-state index contributed by atoms with van der Waals surface area (Å²) < 4.78 is 41.4. The topological polar surface area (TPSA) is 29.5 Å². The van der Waals surface area contributed by atoms with Crippen molar-refractivity contribution in [2.75, 3.05) is 7.11 Å². The summed E-state index contributed by atoms with van der Waals surface area (Å²) in [5.74, 6) is -3.23. The molecule has 1 rings (SSSR count). The van der Waals surface area contributed by atoms with E-state index in [0.717, 1.165) is 19.2 Å². The molecule has 0 bridgehead atoms. The molecule has 1 aromatic rings. The first-order chi connectivity index (χ1) is 6.42. The van der Waals surface area contributed by atoms with Crippen molar-refractivity contribution in [2.24, 2.45) is 0 Å². The fourth-order valence-corrected chi connectivity index (χ4v) is 1.06. The lowest BCUT2D eigenvalue weighted by Gasteiger charge is -2.28. The third kappa shape index (κ3) is 1.73. The second-order valence-corrected chi connectivity index (χ2v) is 2.71. The van der Waals surface area contributed by atoms with Crippen LogP contribution in [0, 0.1) is 0 Å². The Morgan fingerprint density at radius 1 is 1.14 bits per heavy atom. The number of alkyl halides is 3. The van der Waals surface area contributed by atoms with Crippen LogP contribution in [0.25, 0.3) is 0 Å². The minimum atomic E-state index is -4.86. The molecule has 2 nitrogen and oxygen atoms in total. The minimum absolute atomic E-state index is 0.338. The lowest BCUT2D eigenvalue weighted by Crippen LogP contribution is -2.43. The smallest absolute Gasteiger partial charge is 0.355 e. The van der Waals surface area contributed by atoms with Gasteiger partial charge in [0.25, 0.3) is 5.79 Å². The van der Waals surface area contributed by atoms with E-state index in [1.54, 1.807) is 6.07 Å². The number of hydrogen-bond acceptors (Lipinski definition) is 2. The molecule has 0 aliphatic heterocycles. The molecule has 14 heavy (non-hydrogen) atoms. The van der Waals surface area contributed by atoms with Crippen LogP contribution in [0.3, 0.4) is 0 Å². The van der Waals surface area contributed by atoms with Crippen LogP contribution in [0.5, 0.6) is 0 Å². The Labute approximate surface area is 78.9 Å². The minimum Gasteiger partial charge on any atom is -0.355 e. The van der Waals surface area contributed by atoms with E-state index < -0.39 is 12.0 Å². The van der Waals surface area contributed by atoms with E-state index in [4.69, 9.17) is 0 Å². The molecule has 5 heteroatoms. The molecular weight excluding hydrogens is 197 g/mol. The summed E-state index contributed by atoms with van der Waals surface area (Å²) in [7, 11) is 0.806. The monoisotopic (exact) mass is 206 g/mol. The maximum atomic E-state index is 12.4. The third-order valence-electron chi connectivity index (χ3n) is 1.84. The lowest BCUT2D eigenvalue weighted by molar-refractivity contribution is -0.367. The molecule has 0 aromatic heterocycles. The average Bonchev–Trinajstić information content (AvgIpc) is 2.16. The van der Waals surface area contributed by atoms with Crippen molar-refractivity contribution in [3.63, 3.8) is 0 Å². The Hall–Kier alpha value is -1.07. The molecule has 1 aromatic carbocycles. The van der Waals surface area contributed by atoms with Gasteiger partial charge in [-0.1, -0.05) is 30.3 Å². The van der Waals surface area contributed by atoms with Crippen LogP contribution in [0.1, 0.15) is 5.56 Å². The zero-order chi connectivity index (χ0) is 10.8. The van der Waals surface area contributed by atoms with Crippen molar-refractivity contribution in [3.05, 3.63) is 35.9 Å². The lowest BCUT2D eigenvalue weighted by atomic mass is 10.1. The van der Waals surface area contributed by atoms with E-state index in [2.05, 4.69) is 4.74 Å². The number of halogens is 3. The Morgan fingerprint density at radius 3 is 2.00 bits per heavy atom. The van der Waals surface area contributed by atoms with Gasteiger partial charge in [-0.3, -0.25) is 0 Å². The van der Waals surface area contributed by atoms with Gasteiger partial charge in [0.2, 0.25) is 0 Å². The van der Waals surface area contributed by atoms with Crippen LogP contribution < -0.4 is 0 Å². The Morgan fingerprint density at radius 2 is 1.64 bits per heavy atom. The van der Waals surface area contributed by atoms with Crippen LogP contribution in [0.4, 0.5) is 13.2 Å². The van der Waals surface area contributed by atoms with Crippen molar-refractivity contribution in [1.29, 1.82) is 0 Å². The second kappa shape index (κ2) is 3.59. The van der Waals surface area contributed by atoms with Gasteiger partial charge in [-0.15, -0.1) is 0 Å². The van der Waals surface area contributed by atoms with E-state index in [1.165, 1.54) is 12.1 Å². The van der Waals surface area contributed by atoms with Gasteiger partial charge in [0.1, 0.15) is 0 Å². The normalized spacial score (nSPS) is 16.4. The fourth-order valence-electron chi connectivity index (χ4n) is 1.06. The Balaban J connectivity index is 3.15. The second-order valence-electron chi connectivity index (χ2n) is 2.71. The molecule has 0 aliphatic rings. The highest BCUT2D eigenvalue weighted by Crippen LogP contribution is 2.39. The predicted octanol–water partition coefficient (Wildman–Crippen LogP) is 2.04. The molecular formula is C9H9F3O2. The van der Waals surface area contributed by atoms with Crippen LogP contribution in [-0.4, -0.2) is 18.4 Å². The van der Waals surface area contributed by atoms with Gasteiger partial charge in [-0.05, 0) is 0 Å². The largest absolute Gasteiger partial charge is 0.448 e. The van der Waals surface area contributed by atoms with Gasteiger partial charge in [-0.25, -0.2) is 0 Å². The number of benzene rings is 1. The molecule has 0 fully saturated rings. The Kier molecular flexibility index (Phi) is 2.82. The molecule has 0 heterocycles. The number of hydrogen-bond donors (Lipinski definition) is 1. The summed E-state index contributed by atoms with van der Waals surface area (Å²) >= 11 is 0. The molecule has 78 valence electrons. The van der Waals surface area contributed by atoms with Gasteiger partial charge in [0.15, 0.2) is 0 Å². The summed E-state index contributed by atoms with van der Waals surface area (Å²) in [5.41, 5.74) is -0.338. The number of methoxy groups -OCH3 is 1. The Bertz CT molecular complexity index is 297. The molecule has 0 amide bonds. The van der Waals surface area contributed by atoms with E-state index in [0.29, 0.717) is 0 Å². The number of rotatable bonds is 2. The van der Waals surface area contributed by atoms with Gasteiger partial charge in [-0.2, -0.15) is 13.2 Å². The van der Waals surface area contributed by atoms with Crippen LogP contribution >= 0.6 is 0 Å². The molecule has 0 saturated heterocycles. The first-order valence-electron chi connectivity index (χ1n) is 3.81. The van der Waals surface area contributed by atoms with Gasteiger partial charge in [0, 0.05) is 12.7 Å². The van der Waals surface area contributed by atoms with E-state index in [9.17, 15) is 18.3 Å². The first-order valence-corrected chi connectivity index (χ1v) is 3.81. The van der Waals surface area contributed by atoms with Crippen LogP contribution in [0.2, 0.25) is 0 Å². The molecule has 1 atom stereocenters. The van der Waals surface area contributed by atoms with Crippen molar-refractivity contribution in [3.8, 4) is 0 Å². The van der Waals surface area contributed by atoms with Crippen LogP contribution in [0.15, 0.2) is 30.3 Å². The van der Waals surface area contributed by atoms with Crippen molar-refractivity contribution < 1.29 is 23.0 Å². The van der Waals surface area contributed by atoms with Crippen LogP contribution in [-0.2, 0) is 10.5 Å². The van der Waals surface area contributed by atoms with Gasteiger partial charge >= 0.3 is 6.18 Å². The first kappa shape index (κ1) is 11.0. The van der Waals surface area contributed by atoms with Crippen molar-refractivity contribution in [1.82, 2.24) is 0 Å². The summed E-state index contributed by atoms with van der Waals surface area (Å²) in [6.45, 7) is 0. The third-order valence-corrected chi connectivity index (χ3v) is 1.84. The zero-order valence-electron chi connectivity index (χ0n) is 7.38. The maximum absolute atomic E-state index is 12.4. The van der Waals surface area contributed by atoms with E-state index >= 15 is 0 Å². The number of ether oxygens (including phenoxy) is 1. The standard InChI is InChI=1S/C9H9F3O2/c1-14-8(13,9(10,11)12)7-5-3-2-4-6-7/h2-6,13H,1H3. The summed E-state index contributed by atoms with van der Waals surface area (Å²) in [6.07, 6.45) is -4.86. The van der Waals surface area contributed by atoms with Gasteiger partial charge < -0.3 is 9.84 Å². The maximum Gasteiger partial charge on any atom is 0.448 e. The highest BCUT2D eigenvalue weighted by atomic mass is 19.4. The summed E-state index contributed by atoms with van der Waals surface area (Å²) in [5, 5.41) is 9.28. The quantitative estimate of drug-likeness (QED) is 0.750. The van der Waals surface area contributed by atoms with E-state index in [-0.39, 0.29) is 5.56 Å². The summed E-state index contributed by atoms with van der Waals surface area (Å²) in [6, 6.07) is 6.64.